The SMILES string of the molecule is O=C1S/C(=C/c2cc3ccccc3oc2=O)C(=O)N1Cc1ccccc1Cl. The molecular formula is C20H12ClNO4S. The zero-order valence-corrected chi connectivity index (χ0v) is 15.4. The maximum absolute atomic E-state index is 12.7. The molecule has 0 N–H and O–H groups in total. The molecule has 5 nitrogen and oxygen atoms in total. The second-order valence-corrected chi connectivity index (χ2v) is 7.29. The third kappa shape index (κ3) is 3.41. The molecule has 0 aliphatic carbocycles. The van der Waals surface area contributed by atoms with Crippen molar-refractivity contribution in [2.75, 3.05) is 0 Å². The van der Waals surface area contributed by atoms with Gasteiger partial charge in [0.2, 0.25) is 0 Å². The fraction of sp³-hybridized carbons (Fsp3) is 0.0500. The predicted molar refractivity (Wildman–Crippen MR) is 105 cm³/mol. The first kappa shape index (κ1) is 17.6. The molecule has 0 radical (unpaired) electrons. The Morgan fingerprint density at radius 3 is 2.59 bits per heavy atom. The molecule has 27 heavy (non-hydrogen) atoms. The van der Waals surface area contributed by atoms with Gasteiger partial charge < -0.3 is 4.42 Å². The van der Waals surface area contributed by atoms with Gasteiger partial charge in [-0.3, -0.25) is 14.5 Å². The maximum Gasteiger partial charge on any atom is 0.343 e. The Labute approximate surface area is 163 Å². The number of nitrogens with zero attached hydrogens (tertiary/aromatic N) is 1. The van der Waals surface area contributed by atoms with Crippen molar-refractivity contribution >= 4 is 51.6 Å². The van der Waals surface area contributed by atoms with Gasteiger partial charge in [-0.05, 0) is 41.6 Å². The van der Waals surface area contributed by atoms with Gasteiger partial charge in [0.05, 0.1) is 17.0 Å². The van der Waals surface area contributed by atoms with E-state index in [2.05, 4.69) is 0 Å². The van der Waals surface area contributed by atoms with Crippen LogP contribution in [0.4, 0.5) is 4.79 Å². The summed E-state index contributed by atoms with van der Waals surface area (Å²) in [6, 6.07) is 15.8. The largest absolute Gasteiger partial charge is 0.422 e. The zero-order valence-electron chi connectivity index (χ0n) is 13.8. The smallest absolute Gasteiger partial charge is 0.343 e. The first-order valence-corrected chi connectivity index (χ1v) is 9.24. The predicted octanol–water partition coefficient (Wildman–Crippen LogP) is 4.68. The standard InChI is InChI=1S/C20H12ClNO4S/c21-15-7-3-1-6-13(15)11-22-18(23)17(27-20(22)25)10-14-9-12-5-2-4-8-16(12)26-19(14)24/h1-10H,11H2/b17-10+. The van der Waals surface area contributed by atoms with Crippen molar-refractivity contribution in [3.8, 4) is 0 Å². The summed E-state index contributed by atoms with van der Waals surface area (Å²) in [6.07, 6.45) is 1.40. The van der Waals surface area contributed by atoms with Crippen LogP contribution in [0.2, 0.25) is 5.02 Å². The van der Waals surface area contributed by atoms with Crippen LogP contribution < -0.4 is 5.63 Å². The molecule has 0 unspecified atom stereocenters. The summed E-state index contributed by atoms with van der Waals surface area (Å²) >= 11 is 6.91. The van der Waals surface area contributed by atoms with Crippen LogP contribution in [0.15, 0.2) is 68.7 Å². The van der Waals surface area contributed by atoms with E-state index in [4.69, 9.17) is 16.0 Å². The normalized spacial score (nSPS) is 15.9. The summed E-state index contributed by atoms with van der Waals surface area (Å²) < 4.78 is 5.27. The summed E-state index contributed by atoms with van der Waals surface area (Å²) in [6.45, 7) is 0.0774. The van der Waals surface area contributed by atoms with Gasteiger partial charge in [-0.2, -0.15) is 0 Å². The lowest BCUT2D eigenvalue weighted by molar-refractivity contribution is -0.123. The summed E-state index contributed by atoms with van der Waals surface area (Å²) in [5, 5.41) is 0.811. The molecule has 0 saturated carbocycles. The molecule has 1 fully saturated rings. The van der Waals surface area contributed by atoms with Gasteiger partial charge in [-0.1, -0.05) is 48.0 Å². The molecule has 0 spiro atoms. The fourth-order valence-electron chi connectivity index (χ4n) is 2.75. The number of benzene rings is 2. The van der Waals surface area contributed by atoms with Crippen molar-refractivity contribution < 1.29 is 14.0 Å². The van der Waals surface area contributed by atoms with Gasteiger partial charge in [-0.15, -0.1) is 0 Å². The minimum Gasteiger partial charge on any atom is -0.422 e. The third-order valence-corrected chi connectivity index (χ3v) is 5.39. The fourth-order valence-corrected chi connectivity index (χ4v) is 3.78. The van der Waals surface area contributed by atoms with Crippen molar-refractivity contribution in [2.45, 2.75) is 6.54 Å². The average Bonchev–Trinajstić information content (AvgIpc) is 2.91. The first-order valence-electron chi connectivity index (χ1n) is 8.04. The number of thioether (sulfide) groups is 1. The molecule has 2 aromatic carbocycles. The van der Waals surface area contributed by atoms with Gasteiger partial charge in [0.25, 0.3) is 11.1 Å². The molecule has 1 aliphatic rings. The van der Waals surface area contributed by atoms with E-state index in [1.165, 1.54) is 6.08 Å². The summed E-state index contributed by atoms with van der Waals surface area (Å²) in [5.74, 6) is -0.461. The second kappa shape index (κ2) is 7.06. The lowest BCUT2D eigenvalue weighted by Crippen LogP contribution is -2.27. The van der Waals surface area contributed by atoms with E-state index in [1.807, 2.05) is 6.07 Å². The monoisotopic (exact) mass is 397 g/mol. The van der Waals surface area contributed by atoms with Crippen molar-refractivity contribution in [3.05, 3.63) is 86.1 Å². The number of amides is 2. The Bertz CT molecular complexity index is 1170. The number of carbonyl (C=O) groups is 2. The van der Waals surface area contributed by atoms with Gasteiger partial charge in [0.1, 0.15) is 5.58 Å². The highest BCUT2D eigenvalue weighted by atomic mass is 35.5. The Kier molecular flexibility index (Phi) is 4.59. The van der Waals surface area contributed by atoms with E-state index in [0.29, 0.717) is 16.2 Å². The second-order valence-electron chi connectivity index (χ2n) is 5.89. The molecule has 3 aromatic rings. The molecule has 2 heterocycles. The van der Waals surface area contributed by atoms with Crippen LogP contribution in [0.25, 0.3) is 17.0 Å². The van der Waals surface area contributed by atoms with Crippen molar-refractivity contribution in [2.24, 2.45) is 0 Å². The number of imide groups is 1. The number of rotatable bonds is 3. The highest BCUT2D eigenvalue weighted by Crippen LogP contribution is 2.34. The molecule has 4 rings (SSSR count). The Morgan fingerprint density at radius 2 is 1.78 bits per heavy atom. The van der Waals surface area contributed by atoms with Crippen LogP contribution in [0, 0.1) is 0 Å². The Morgan fingerprint density at radius 1 is 1.04 bits per heavy atom. The molecule has 1 aliphatic heterocycles. The number of hydrogen-bond acceptors (Lipinski definition) is 5. The van der Waals surface area contributed by atoms with E-state index in [1.54, 1.807) is 48.5 Å². The molecule has 1 saturated heterocycles. The topological polar surface area (TPSA) is 67.6 Å². The summed E-state index contributed by atoms with van der Waals surface area (Å²) in [5.41, 5.74) is 0.794. The van der Waals surface area contributed by atoms with Crippen LogP contribution in [0.1, 0.15) is 11.1 Å². The molecule has 134 valence electrons. The summed E-state index contributed by atoms with van der Waals surface area (Å²) in [4.78, 5) is 38.4. The number of halogens is 1. The lowest BCUT2D eigenvalue weighted by atomic mass is 10.1. The quantitative estimate of drug-likeness (QED) is 0.474. The van der Waals surface area contributed by atoms with Gasteiger partial charge in [0, 0.05) is 10.4 Å². The highest BCUT2D eigenvalue weighted by Gasteiger charge is 2.35. The third-order valence-electron chi connectivity index (χ3n) is 4.11. The minimum atomic E-state index is -0.563. The van der Waals surface area contributed by atoms with Crippen LogP contribution in [0.3, 0.4) is 0 Å². The van der Waals surface area contributed by atoms with E-state index >= 15 is 0 Å². The molecule has 2 amide bonds. The number of fused-ring (bicyclic) bond motifs is 1. The first-order chi connectivity index (χ1) is 13.0. The van der Waals surface area contributed by atoms with Gasteiger partial charge in [0.15, 0.2) is 0 Å². The van der Waals surface area contributed by atoms with Crippen molar-refractivity contribution in [1.82, 2.24) is 4.90 Å². The van der Waals surface area contributed by atoms with Crippen LogP contribution in [0.5, 0.6) is 0 Å². The van der Waals surface area contributed by atoms with E-state index < -0.39 is 16.8 Å². The molecule has 7 heteroatoms. The lowest BCUT2D eigenvalue weighted by Gasteiger charge is -2.13. The number of carbonyl (C=O) groups excluding carboxylic acids is 2. The zero-order chi connectivity index (χ0) is 19.0. The van der Waals surface area contributed by atoms with E-state index in [9.17, 15) is 14.4 Å². The molecule has 0 bridgehead atoms. The molecular weight excluding hydrogens is 386 g/mol. The van der Waals surface area contributed by atoms with Crippen LogP contribution >= 0.6 is 23.4 Å². The Hall–Kier alpha value is -2.83. The van der Waals surface area contributed by atoms with E-state index in [-0.39, 0.29) is 17.0 Å². The highest BCUT2D eigenvalue weighted by molar-refractivity contribution is 8.18. The van der Waals surface area contributed by atoms with Crippen LogP contribution in [-0.2, 0) is 11.3 Å². The van der Waals surface area contributed by atoms with Gasteiger partial charge in [-0.25, -0.2) is 4.79 Å². The van der Waals surface area contributed by atoms with Gasteiger partial charge >= 0.3 is 5.63 Å². The Balaban J connectivity index is 1.66. The average molecular weight is 398 g/mol. The summed E-state index contributed by atoms with van der Waals surface area (Å²) in [7, 11) is 0. The number of para-hydroxylation sites is 1. The molecule has 0 atom stereocenters. The maximum atomic E-state index is 12.7. The van der Waals surface area contributed by atoms with E-state index in [0.717, 1.165) is 22.0 Å². The van der Waals surface area contributed by atoms with Crippen molar-refractivity contribution in [1.29, 1.82) is 0 Å². The van der Waals surface area contributed by atoms with Crippen LogP contribution in [-0.4, -0.2) is 16.0 Å². The number of hydrogen-bond donors (Lipinski definition) is 0. The molecule has 1 aromatic heterocycles. The van der Waals surface area contributed by atoms with Crippen molar-refractivity contribution in [3.63, 3.8) is 0 Å². The minimum absolute atomic E-state index is 0.0774.